The van der Waals surface area contributed by atoms with E-state index in [-0.39, 0.29) is 11.7 Å². The Labute approximate surface area is 192 Å². The summed E-state index contributed by atoms with van der Waals surface area (Å²) in [4.78, 5) is 24.8. The first kappa shape index (κ1) is 21.2. The highest BCUT2D eigenvalue weighted by atomic mass is 19.1. The summed E-state index contributed by atoms with van der Waals surface area (Å²) < 4.78 is 14.1. The van der Waals surface area contributed by atoms with Crippen LogP contribution in [0.15, 0.2) is 72.9 Å². The van der Waals surface area contributed by atoms with E-state index in [1.165, 1.54) is 17.0 Å². The summed E-state index contributed by atoms with van der Waals surface area (Å²) in [6.45, 7) is 2.55. The van der Waals surface area contributed by atoms with E-state index in [1.807, 2.05) is 46.2 Å². The standard InChI is InChI=1S/C27H27FN4O/c28-22-10-2-4-13-25(22)31-16-18-32(19-17-31)26(33)14-7-9-21-20-8-1-3-11-23(20)30-27(21)24-12-5-6-15-29-24/h1-6,8,10-13,15,30H,7,9,14,16-19H2. The molecule has 1 aliphatic heterocycles. The Balaban J connectivity index is 1.22. The lowest BCUT2D eigenvalue weighted by Crippen LogP contribution is -2.49. The van der Waals surface area contributed by atoms with E-state index in [0.29, 0.717) is 38.3 Å². The number of piperazine rings is 1. The number of H-pyrrole nitrogens is 1. The van der Waals surface area contributed by atoms with Gasteiger partial charge in [0.1, 0.15) is 5.82 Å². The van der Waals surface area contributed by atoms with E-state index in [1.54, 1.807) is 18.3 Å². The maximum absolute atomic E-state index is 14.1. The van der Waals surface area contributed by atoms with Gasteiger partial charge in [0.25, 0.3) is 0 Å². The number of anilines is 1. The van der Waals surface area contributed by atoms with Crippen LogP contribution >= 0.6 is 0 Å². The molecule has 5 nitrogen and oxygen atoms in total. The molecule has 2 aromatic carbocycles. The molecular formula is C27H27FN4O. The third-order valence-corrected chi connectivity index (χ3v) is 6.38. The number of fused-ring (bicyclic) bond motifs is 1. The van der Waals surface area contributed by atoms with Gasteiger partial charge in [-0.05, 0) is 48.7 Å². The number of carbonyl (C=O) groups excluding carboxylic acids is 1. The zero-order valence-electron chi connectivity index (χ0n) is 18.5. The van der Waals surface area contributed by atoms with Gasteiger partial charge >= 0.3 is 0 Å². The zero-order chi connectivity index (χ0) is 22.6. The minimum Gasteiger partial charge on any atom is -0.366 e. The molecule has 0 radical (unpaired) electrons. The highest BCUT2D eigenvalue weighted by Crippen LogP contribution is 2.30. The summed E-state index contributed by atoms with van der Waals surface area (Å²) in [6, 6.07) is 21.0. The molecule has 0 atom stereocenters. The molecular weight excluding hydrogens is 415 g/mol. The predicted molar refractivity (Wildman–Crippen MR) is 130 cm³/mol. The van der Waals surface area contributed by atoms with Crippen molar-refractivity contribution in [2.24, 2.45) is 0 Å². The molecule has 33 heavy (non-hydrogen) atoms. The Morgan fingerprint density at radius 2 is 1.70 bits per heavy atom. The number of carbonyl (C=O) groups is 1. The second kappa shape index (κ2) is 9.45. The van der Waals surface area contributed by atoms with Crippen LogP contribution in [0.25, 0.3) is 22.3 Å². The molecule has 0 aliphatic carbocycles. The second-order valence-electron chi connectivity index (χ2n) is 8.41. The molecule has 0 unspecified atom stereocenters. The van der Waals surface area contributed by atoms with Crippen molar-refractivity contribution in [3.05, 3.63) is 84.3 Å². The molecule has 0 saturated carbocycles. The number of benzene rings is 2. The predicted octanol–water partition coefficient (Wildman–Crippen LogP) is 5.04. The number of para-hydroxylation sites is 2. The molecule has 0 spiro atoms. The molecule has 168 valence electrons. The van der Waals surface area contributed by atoms with E-state index in [9.17, 15) is 9.18 Å². The van der Waals surface area contributed by atoms with Gasteiger partial charge in [0.2, 0.25) is 5.91 Å². The smallest absolute Gasteiger partial charge is 0.222 e. The first-order chi connectivity index (χ1) is 16.2. The van der Waals surface area contributed by atoms with Gasteiger partial charge < -0.3 is 14.8 Å². The molecule has 1 amide bonds. The van der Waals surface area contributed by atoms with Crippen molar-refractivity contribution in [3.8, 4) is 11.4 Å². The normalized spacial score (nSPS) is 14.1. The monoisotopic (exact) mass is 442 g/mol. The van der Waals surface area contributed by atoms with Gasteiger partial charge in [-0.25, -0.2) is 4.39 Å². The Kier molecular flexibility index (Phi) is 6.07. The number of pyridine rings is 1. The summed E-state index contributed by atoms with van der Waals surface area (Å²) in [5.41, 5.74) is 4.86. The largest absolute Gasteiger partial charge is 0.366 e. The number of aryl methyl sites for hydroxylation is 1. The first-order valence-electron chi connectivity index (χ1n) is 11.5. The van der Waals surface area contributed by atoms with Crippen molar-refractivity contribution >= 4 is 22.5 Å². The zero-order valence-corrected chi connectivity index (χ0v) is 18.5. The summed E-state index contributed by atoms with van der Waals surface area (Å²) in [5, 5.41) is 1.18. The van der Waals surface area contributed by atoms with E-state index in [4.69, 9.17) is 0 Å². The fourth-order valence-corrected chi connectivity index (χ4v) is 4.67. The Morgan fingerprint density at radius 3 is 2.48 bits per heavy atom. The Hall–Kier alpha value is -3.67. The van der Waals surface area contributed by atoms with Gasteiger partial charge in [-0.3, -0.25) is 9.78 Å². The minimum atomic E-state index is -0.209. The van der Waals surface area contributed by atoms with E-state index >= 15 is 0 Å². The molecule has 2 aromatic heterocycles. The molecule has 5 rings (SSSR count). The maximum Gasteiger partial charge on any atom is 0.222 e. The van der Waals surface area contributed by atoms with Crippen LogP contribution in [0.1, 0.15) is 18.4 Å². The van der Waals surface area contributed by atoms with Gasteiger partial charge in [0.05, 0.1) is 17.1 Å². The lowest BCUT2D eigenvalue weighted by Gasteiger charge is -2.36. The third-order valence-electron chi connectivity index (χ3n) is 6.38. The van der Waals surface area contributed by atoms with Crippen LogP contribution in [0.4, 0.5) is 10.1 Å². The van der Waals surface area contributed by atoms with Gasteiger partial charge in [-0.2, -0.15) is 0 Å². The number of rotatable bonds is 6. The maximum atomic E-state index is 14.1. The number of aromatic amines is 1. The van der Waals surface area contributed by atoms with Crippen molar-refractivity contribution in [1.82, 2.24) is 14.9 Å². The number of halogens is 1. The SMILES string of the molecule is O=C(CCCc1c(-c2ccccn2)[nH]c2ccccc12)N1CCN(c2ccccc2F)CC1. The Morgan fingerprint density at radius 1 is 0.939 bits per heavy atom. The molecule has 1 N–H and O–H groups in total. The minimum absolute atomic E-state index is 0.169. The topological polar surface area (TPSA) is 52.2 Å². The van der Waals surface area contributed by atoms with Crippen molar-refractivity contribution in [2.45, 2.75) is 19.3 Å². The summed E-state index contributed by atoms with van der Waals surface area (Å²) in [5.74, 6) is -0.0397. The molecule has 1 saturated heterocycles. The van der Waals surface area contributed by atoms with Gasteiger partial charge in [0.15, 0.2) is 0 Å². The lowest BCUT2D eigenvalue weighted by atomic mass is 10.0. The fraction of sp³-hybridized carbons (Fsp3) is 0.259. The van der Waals surface area contributed by atoms with Gasteiger partial charge in [-0.15, -0.1) is 0 Å². The lowest BCUT2D eigenvalue weighted by molar-refractivity contribution is -0.131. The molecule has 6 heteroatoms. The van der Waals surface area contributed by atoms with Crippen LogP contribution < -0.4 is 4.90 Å². The van der Waals surface area contributed by atoms with Crippen molar-refractivity contribution in [3.63, 3.8) is 0 Å². The average Bonchev–Trinajstić information content (AvgIpc) is 3.24. The van der Waals surface area contributed by atoms with Crippen LogP contribution in [0.5, 0.6) is 0 Å². The summed E-state index contributed by atoms with van der Waals surface area (Å²) >= 11 is 0. The quantitative estimate of drug-likeness (QED) is 0.455. The molecule has 3 heterocycles. The van der Waals surface area contributed by atoms with Gasteiger partial charge in [0, 0.05) is 49.7 Å². The van der Waals surface area contributed by atoms with Crippen LogP contribution in [-0.2, 0) is 11.2 Å². The molecule has 4 aromatic rings. The van der Waals surface area contributed by atoms with E-state index in [0.717, 1.165) is 29.7 Å². The molecule has 0 bridgehead atoms. The average molecular weight is 443 g/mol. The van der Waals surface area contributed by atoms with Crippen molar-refractivity contribution in [2.75, 3.05) is 31.1 Å². The summed E-state index contributed by atoms with van der Waals surface area (Å²) in [6.07, 6.45) is 3.88. The number of nitrogens with zero attached hydrogens (tertiary/aromatic N) is 3. The van der Waals surface area contributed by atoms with E-state index in [2.05, 4.69) is 22.1 Å². The second-order valence-corrected chi connectivity index (χ2v) is 8.41. The number of amides is 1. The van der Waals surface area contributed by atoms with Crippen molar-refractivity contribution < 1.29 is 9.18 Å². The third kappa shape index (κ3) is 4.46. The highest BCUT2D eigenvalue weighted by Gasteiger charge is 2.23. The highest BCUT2D eigenvalue weighted by molar-refractivity contribution is 5.90. The number of nitrogens with one attached hydrogen (secondary N) is 1. The molecule has 1 aliphatic rings. The van der Waals surface area contributed by atoms with Gasteiger partial charge in [-0.1, -0.05) is 36.4 Å². The first-order valence-corrected chi connectivity index (χ1v) is 11.5. The van der Waals surface area contributed by atoms with Crippen LogP contribution in [0, 0.1) is 5.82 Å². The number of hydrogen-bond donors (Lipinski definition) is 1. The fourth-order valence-electron chi connectivity index (χ4n) is 4.67. The number of hydrogen-bond acceptors (Lipinski definition) is 3. The Bertz CT molecular complexity index is 1250. The van der Waals surface area contributed by atoms with Crippen LogP contribution in [-0.4, -0.2) is 47.0 Å². The van der Waals surface area contributed by atoms with Crippen molar-refractivity contribution in [1.29, 1.82) is 0 Å². The number of aromatic nitrogens is 2. The van der Waals surface area contributed by atoms with E-state index < -0.39 is 0 Å². The van der Waals surface area contributed by atoms with Crippen LogP contribution in [0.3, 0.4) is 0 Å². The molecule has 1 fully saturated rings. The van der Waals surface area contributed by atoms with Crippen LogP contribution in [0.2, 0.25) is 0 Å². The summed E-state index contributed by atoms with van der Waals surface area (Å²) in [7, 11) is 0.